The van der Waals surface area contributed by atoms with Gasteiger partial charge in [0.1, 0.15) is 0 Å². The van der Waals surface area contributed by atoms with Gasteiger partial charge in [0.05, 0.1) is 5.56 Å². The van der Waals surface area contributed by atoms with Crippen LogP contribution in [-0.4, -0.2) is 42.0 Å². The molecule has 0 atom stereocenters. The van der Waals surface area contributed by atoms with Gasteiger partial charge in [-0.15, -0.1) is 0 Å². The Morgan fingerprint density at radius 2 is 1.83 bits per heavy atom. The first-order chi connectivity index (χ1) is 11.3. The van der Waals surface area contributed by atoms with E-state index in [1.54, 1.807) is 12.4 Å². The van der Waals surface area contributed by atoms with Crippen LogP contribution in [0.15, 0.2) is 36.7 Å². The molecular weight excluding hydrogens is 286 g/mol. The quantitative estimate of drug-likeness (QED) is 0.721. The Kier molecular flexibility index (Phi) is 7.01. The normalized spacial score (nSPS) is 11.1. The summed E-state index contributed by atoms with van der Waals surface area (Å²) in [7, 11) is 0. The second-order valence-electron chi connectivity index (χ2n) is 5.86. The topological polar surface area (TPSA) is 45.2 Å². The summed E-state index contributed by atoms with van der Waals surface area (Å²) in [6.07, 6.45) is 6.77. The molecule has 124 valence electrons. The summed E-state index contributed by atoms with van der Waals surface area (Å²) in [5.74, 6) is -0.0353. The molecule has 2 aromatic rings. The Morgan fingerprint density at radius 1 is 1.09 bits per heavy atom. The summed E-state index contributed by atoms with van der Waals surface area (Å²) >= 11 is 0. The van der Waals surface area contributed by atoms with E-state index in [1.807, 2.05) is 24.3 Å². The van der Waals surface area contributed by atoms with Crippen LogP contribution in [0.25, 0.3) is 10.8 Å². The van der Waals surface area contributed by atoms with E-state index < -0.39 is 0 Å². The van der Waals surface area contributed by atoms with Gasteiger partial charge in [-0.2, -0.15) is 0 Å². The lowest BCUT2D eigenvalue weighted by Crippen LogP contribution is -2.31. The average Bonchev–Trinajstić information content (AvgIpc) is 2.58. The molecule has 0 radical (unpaired) electrons. The molecule has 0 saturated heterocycles. The summed E-state index contributed by atoms with van der Waals surface area (Å²) in [5, 5.41) is 4.98. The van der Waals surface area contributed by atoms with Gasteiger partial charge in [0, 0.05) is 24.3 Å². The minimum absolute atomic E-state index is 0.0353. The lowest BCUT2D eigenvalue weighted by molar-refractivity contribution is 0.0953. The monoisotopic (exact) mass is 313 g/mol. The van der Waals surface area contributed by atoms with Gasteiger partial charge in [0.2, 0.25) is 0 Å². The summed E-state index contributed by atoms with van der Waals surface area (Å²) in [4.78, 5) is 19.0. The number of nitrogens with one attached hydrogen (secondary N) is 1. The molecule has 0 bridgehead atoms. The fourth-order valence-corrected chi connectivity index (χ4v) is 2.87. The average molecular weight is 313 g/mol. The predicted molar refractivity (Wildman–Crippen MR) is 95.7 cm³/mol. The smallest absolute Gasteiger partial charge is 0.253 e. The standard InChI is InChI=1S/C19H27N3O/c1-3-11-22(12-4-2)13-7-10-21-19(23)18-15-20-14-16-8-5-6-9-17(16)18/h5-6,8-9,14-15H,3-4,7,10-13H2,1-2H3,(H,21,23). The van der Waals surface area contributed by atoms with Crippen LogP contribution in [0, 0.1) is 0 Å². The maximum Gasteiger partial charge on any atom is 0.253 e. The molecule has 0 fully saturated rings. The Balaban J connectivity index is 1.87. The minimum atomic E-state index is -0.0353. The Hall–Kier alpha value is -1.94. The van der Waals surface area contributed by atoms with Crippen molar-refractivity contribution >= 4 is 16.7 Å². The van der Waals surface area contributed by atoms with Crippen molar-refractivity contribution in [2.24, 2.45) is 0 Å². The first-order valence-electron chi connectivity index (χ1n) is 8.59. The first-order valence-corrected chi connectivity index (χ1v) is 8.59. The van der Waals surface area contributed by atoms with E-state index in [4.69, 9.17) is 0 Å². The van der Waals surface area contributed by atoms with E-state index in [9.17, 15) is 4.79 Å². The van der Waals surface area contributed by atoms with Crippen LogP contribution in [0.1, 0.15) is 43.5 Å². The molecule has 1 N–H and O–H groups in total. The number of amides is 1. The third-order valence-electron chi connectivity index (χ3n) is 3.93. The summed E-state index contributed by atoms with van der Waals surface area (Å²) in [5.41, 5.74) is 0.655. The SMILES string of the molecule is CCCN(CCC)CCCNC(=O)c1cncc2ccccc12. The molecule has 0 saturated carbocycles. The molecule has 1 aromatic carbocycles. The van der Waals surface area contributed by atoms with E-state index in [2.05, 4.69) is 29.0 Å². The van der Waals surface area contributed by atoms with Crippen molar-refractivity contribution in [1.82, 2.24) is 15.2 Å². The van der Waals surface area contributed by atoms with Crippen LogP contribution in [0.4, 0.5) is 0 Å². The number of benzene rings is 1. The van der Waals surface area contributed by atoms with Gasteiger partial charge < -0.3 is 10.2 Å². The van der Waals surface area contributed by atoms with E-state index in [0.29, 0.717) is 12.1 Å². The number of pyridine rings is 1. The molecule has 0 aliphatic carbocycles. The molecule has 0 aliphatic heterocycles. The maximum atomic E-state index is 12.4. The third-order valence-corrected chi connectivity index (χ3v) is 3.93. The summed E-state index contributed by atoms with van der Waals surface area (Å²) in [6, 6.07) is 7.86. The molecule has 0 aliphatic rings. The van der Waals surface area contributed by atoms with Gasteiger partial charge >= 0.3 is 0 Å². The lowest BCUT2D eigenvalue weighted by Gasteiger charge is -2.20. The van der Waals surface area contributed by atoms with Crippen molar-refractivity contribution in [2.75, 3.05) is 26.2 Å². The number of aromatic nitrogens is 1. The zero-order valence-corrected chi connectivity index (χ0v) is 14.2. The maximum absolute atomic E-state index is 12.4. The van der Waals surface area contributed by atoms with Crippen molar-refractivity contribution in [3.8, 4) is 0 Å². The second-order valence-corrected chi connectivity index (χ2v) is 5.86. The number of carbonyl (C=O) groups is 1. The molecule has 4 heteroatoms. The molecule has 0 spiro atoms. The van der Waals surface area contributed by atoms with Crippen LogP contribution < -0.4 is 5.32 Å². The minimum Gasteiger partial charge on any atom is -0.352 e. The van der Waals surface area contributed by atoms with E-state index >= 15 is 0 Å². The second kappa shape index (κ2) is 9.26. The van der Waals surface area contributed by atoms with Gasteiger partial charge in [0.25, 0.3) is 5.91 Å². The zero-order valence-electron chi connectivity index (χ0n) is 14.2. The van der Waals surface area contributed by atoms with Crippen LogP contribution in [0.3, 0.4) is 0 Å². The van der Waals surface area contributed by atoms with Gasteiger partial charge in [-0.1, -0.05) is 38.1 Å². The van der Waals surface area contributed by atoms with E-state index in [1.165, 1.54) is 12.8 Å². The number of carbonyl (C=O) groups excluding carboxylic acids is 1. The Labute approximate surface area is 138 Å². The van der Waals surface area contributed by atoms with Gasteiger partial charge in [-0.25, -0.2) is 0 Å². The summed E-state index contributed by atoms with van der Waals surface area (Å²) in [6.45, 7) is 8.42. The number of nitrogens with zero attached hydrogens (tertiary/aromatic N) is 2. The van der Waals surface area contributed by atoms with Crippen LogP contribution in [0.2, 0.25) is 0 Å². The van der Waals surface area contributed by atoms with E-state index in [0.717, 1.165) is 36.8 Å². The highest BCUT2D eigenvalue weighted by Crippen LogP contribution is 2.16. The number of fused-ring (bicyclic) bond motifs is 1. The highest BCUT2D eigenvalue weighted by Gasteiger charge is 2.10. The number of hydrogen-bond donors (Lipinski definition) is 1. The summed E-state index contributed by atoms with van der Waals surface area (Å²) < 4.78 is 0. The number of rotatable bonds is 9. The molecular formula is C19H27N3O. The Morgan fingerprint density at radius 3 is 2.57 bits per heavy atom. The van der Waals surface area contributed by atoms with Crippen LogP contribution >= 0.6 is 0 Å². The molecule has 2 rings (SSSR count). The van der Waals surface area contributed by atoms with Crippen molar-refractivity contribution in [1.29, 1.82) is 0 Å². The van der Waals surface area contributed by atoms with Gasteiger partial charge in [-0.3, -0.25) is 9.78 Å². The van der Waals surface area contributed by atoms with E-state index in [-0.39, 0.29) is 5.91 Å². The zero-order chi connectivity index (χ0) is 16.5. The fraction of sp³-hybridized carbons (Fsp3) is 0.474. The van der Waals surface area contributed by atoms with Crippen molar-refractivity contribution in [3.63, 3.8) is 0 Å². The fourth-order valence-electron chi connectivity index (χ4n) is 2.87. The first kappa shape index (κ1) is 17.4. The molecule has 1 aromatic heterocycles. The van der Waals surface area contributed by atoms with Crippen molar-refractivity contribution < 1.29 is 4.79 Å². The molecule has 0 unspecified atom stereocenters. The largest absolute Gasteiger partial charge is 0.352 e. The van der Waals surface area contributed by atoms with Crippen LogP contribution in [0.5, 0.6) is 0 Å². The Bertz CT molecular complexity index is 616. The molecule has 1 amide bonds. The highest BCUT2D eigenvalue weighted by atomic mass is 16.1. The molecule has 23 heavy (non-hydrogen) atoms. The number of hydrogen-bond acceptors (Lipinski definition) is 3. The highest BCUT2D eigenvalue weighted by molar-refractivity contribution is 6.06. The molecule has 4 nitrogen and oxygen atoms in total. The predicted octanol–water partition coefficient (Wildman–Crippen LogP) is 3.48. The molecule has 1 heterocycles. The van der Waals surface area contributed by atoms with Crippen molar-refractivity contribution in [3.05, 3.63) is 42.2 Å². The lowest BCUT2D eigenvalue weighted by atomic mass is 10.1. The van der Waals surface area contributed by atoms with Gasteiger partial charge in [0.15, 0.2) is 0 Å². The van der Waals surface area contributed by atoms with Crippen molar-refractivity contribution in [2.45, 2.75) is 33.1 Å². The van der Waals surface area contributed by atoms with Crippen LogP contribution in [-0.2, 0) is 0 Å². The third kappa shape index (κ3) is 5.03. The van der Waals surface area contributed by atoms with Gasteiger partial charge in [-0.05, 0) is 44.3 Å².